The van der Waals surface area contributed by atoms with E-state index in [1.54, 1.807) is 0 Å². The fourth-order valence-electron chi connectivity index (χ4n) is 2.71. The number of nitrogens with one attached hydrogen (secondary N) is 1. The molecular weight excluding hydrogens is 242 g/mol. The lowest BCUT2D eigenvalue weighted by atomic mass is 10.2. The van der Waals surface area contributed by atoms with Crippen LogP contribution in [-0.4, -0.2) is 17.5 Å². The third-order valence-electron chi connectivity index (χ3n) is 3.76. The smallest absolute Gasteiger partial charge is 0.134 e. The van der Waals surface area contributed by atoms with Gasteiger partial charge in [0, 0.05) is 16.7 Å². The number of thioether (sulfide) groups is 1. The van der Waals surface area contributed by atoms with Crippen LogP contribution in [0.4, 0.5) is 0 Å². The highest BCUT2D eigenvalue weighted by atomic mass is 32.2. The zero-order chi connectivity index (χ0) is 12.4. The number of rotatable bonds is 4. The molecular formula is C15H19NOS. The van der Waals surface area contributed by atoms with E-state index in [0.717, 1.165) is 23.1 Å². The SMILES string of the molecule is CSC1CCC(NCc2cc3ccccc3o2)C1. The summed E-state index contributed by atoms with van der Waals surface area (Å²) in [6.07, 6.45) is 6.15. The van der Waals surface area contributed by atoms with Crippen LogP contribution in [0.5, 0.6) is 0 Å². The van der Waals surface area contributed by atoms with Gasteiger partial charge in [0.1, 0.15) is 11.3 Å². The first-order valence-electron chi connectivity index (χ1n) is 6.59. The number of furan rings is 1. The lowest BCUT2D eigenvalue weighted by molar-refractivity contribution is 0.463. The summed E-state index contributed by atoms with van der Waals surface area (Å²) in [6.45, 7) is 0.848. The van der Waals surface area contributed by atoms with Crippen molar-refractivity contribution in [1.82, 2.24) is 5.32 Å². The summed E-state index contributed by atoms with van der Waals surface area (Å²) >= 11 is 2.00. The minimum absolute atomic E-state index is 0.663. The average molecular weight is 261 g/mol. The minimum atomic E-state index is 0.663. The van der Waals surface area contributed by atoms with Crippen LogP contribution in [0.2, 0.25) is 0 Å². The van der Waals surface area contributed by atoms with Gasteiger partial charge in [-0.25, -0.2) is 0 Å². The molecule has 0 saturated heterocycles. The van der Waals surface area contributed by atoms with Gasteiger partial charge in [0.25, 0.3) is 0 Å². The van der Waals surface area contributed by atoms with Crippen molar-refractivity contribution >= 4 is 22.7 Å². The van der Waals surface area contributed by atoms with Gasteiger partial charge in [-0.2, -0.15) is 11.8 Å². The minimum Gasteiger partial charge on any atom is -0.460 e. The molecule has 3 rings (SSSR count). The van der Waals surface area contributed by atoms with Crippen LogP contribution in [0.15, 0.2) is 34.7 Å². The van der Waals surface area contributed by atoms with Crippen LogP contribution >= 0.6 is 11.8 Å². The van der Waals surface area contributed by atoms with E-state index < -0.39 is 0 Å². The zero-order valence-corrected chi connectivity index (χ0v) is 11.5. The van der Waals surface area contributed by atoms with Gasteiger partial charge in [-0.3, -0.25) is 0 Å². The van der Waals surface area contributed by atoms with E-state index >= 15 is 0 Å². The summed E-state index contributed by atoms with van der Waals surface area (Å²) in [4.78, 5) is 0. The van der Waals surface area contributed by atoms with Crippen molar-refractivity contribution in [1.29, 1.82) is 0 Å². The molecule has 2 atom stereocenters. The first-order valence-corrected chi connectivity index (χ1v) is 7.87. The largest absolute Gasteiger partial charge is 0.460 e. The lowest BCUT2D eigenvalue weighted by Crippen LogP contribution is -2.25. The maximum Gasteiger partial charge on any atom is 0.134 e. The summed E-state index contributed by atoms with van der Waals surface area (Å²) in [5.74, 6) is 1.05. The monoisotopic (exact) mass is 261 g/mol. The van der Waals surface area contributed by atoms with Crippen LogP contribution in [0.3, 0.4) is 0 Å². The van der Waals surface area contributed by atoms with Gasteiger partial charge in [0.05, 0.1) is 6.54 Å². The summed E-state index contributed by atoms with van der Waals surface area (Å²) < 4.78 is 5.81. The molecule has 2 aromatic rings. The van der Waals surface area contributed by atoms with Crippen LogP contribution in [0, 0.1) is 0 Å². The molecule has 2 unspecified atom stereocenters. The molecule has 1 aromatic heterocycles. The standard InChI is InChI=1S/C15H19NOS/c1-18-14-7-6-12(9-14)16-10-13-8-11-4-2-3-5-15(11)17-13/h2-5,8,12,14,16H,6-7,9-10H2,1H3. The Bertz CT molecular complexity index is 489. The predicted molar refractivity (Wildman–Crippen MR) is 78.0 cm³/mol. The fraction of sp³-hybridized carbons (Fsp3) is 0.467. The number of hydrogen-bond acceptors (Lipinski definition) is 3. The Morgan fingerprint density at radius 1 is 1.33 bits per heavy atom. The molecule has 1 aliphatic carbocycles. The van der Waals surface area contributed by atoms with Crippen molar-refractivity contribution in [3.05, 3.63) is 36.1 Å². The Labute approximate surface area is 112 Å². The number of fused-ring (bicyclic) bond motifs is 1. The summed E-state index contributed by atoms with van der Waals surface area (Å²) in [6, 6.07) is 11.0. The molecule has 1 saturated carbocycles. The molecule has 1 fully saturated rings. The average Bonchev–Trinajstić information content (AvgIpc) is 3.02. The predicted octanol–water partition coefficient (Wildman–Crippen LogP) is 3.81. The second-order valence-electron chi connectivity index (χ2n) is 5.00. The molecule has 1 aliphatic rings. The Hall–Kier alpha value is -0.930. The summed E-state index contributed by atoms with van der Waals surface area (Å²) in [5, 5.41) is 5.66. The second-order valence-corrected chi connectivity index (χ2v) is 6.14. The van der Waals surface area contributed by atoms with Gasteiger partial charge in [0.15, 0.2) is 0 Å². The highest BCUT2D eigenvalue weighted by Crippen LogP contribution is 2.28. The number of hydrogen-bond donors (Lipinski definition) is 1. The summed E-state index contributed by atoms with van der Waals surface area (Å²) in [5.41, 5.74) is 0.989. The highest BCUT2D eigenvalue weighted by molar-refractivity contribution is 7.99. The van der Waals surface area contributed by atoms with E-state index in [9.17, 15) is 0 Å². The van der Waals surface area contributed by atoms with Gasteiger partial charge in [-0.1, -0.05) is 18.2 Å². The molecule has 0 amide bonds. The topological polar surface area (TPSA) is 25.2 Å². The molecule has 0 radical (unpaired) electrons. The van der Waals surface area contributed by atoms with E-state index in [1.807, 2.05) is 23.9 Å². The maximum atomic E-state index is 5.81. The van der Waals surface area contributed by atoms with Crippen LogP contribution in [0.1, 0.15) is 25.0 Å². The third-order valence-corrected chi connectivity index (χ3v) is 4.85. The van der Waals surface area contributed by atoms with E-state index in [-0.39, 0.29) is 0 Å². The van der Waals surface area contributed by atoms with Gasteiger partial charge in [-0.05, 0) is 37.7 Å². The third kappa shape index (κ3) is 2.57. The van der Waals surface area contributed by atoms with Crippen molar-refractivity contribution in [3.63, 3.8) is 0 Å². The highest BCUT2D eigenvalue weighted by Gasteiger charge is 2.23. The van der Waals surface area contributed by atoms with E-state index in [1.165, 1.54) is 24.6 Å². The molecule has 3 heteroatoms. The Morgan fingerprint density at radius 3 is 3.00 bits per heavy atom. The Balaban J connectivity index is 1.60. The zero-order valence-electron chi connectivity index (χ0n) is 10.7. The Morgan fingerprint density at radius 2 is 2.22 bits per heavy atom. The molecule has 0 bridgehead atoms. The van der Waals surface area contributed by atoms with Gasteiger partial charge in [-0.15, -0.1) is 0 Å². The van der Waals surface area contributed by atoms with Crippen molar-refractivity contribution in [3.8, 4) is 0 Å². The molecule has 1 aromatic carbocycles. The van der Waals surface area contributed by atoms with E-state index in [4.69, 9.17) is 4.42 Å². The van der Waals surface area contributed by atoms with Gasteiger partial charge in [0.2, 0.25) is 0 Å². The van der Waals surface area contributed by atoms with Crippen molar-refractivity contribution in [2.75, 3.05) is 6.26 Å². The van der Waals surface area contributed by atoms with Crippen molar-refractivity contribution in [2.45, 2.75) is 37.1 Å². The van der Waals surface area contributed by atoms with Crippen molar-refractivity contribution in [2.24, 2.45) is 0 Å². The van der Waals surface area contributed by atoms with Crippen LogP contribution in [-0.2, 0) is 6.54 Å². The molecule has 18 heavy (non-hydrogen) atoms. The number of para-hydroxylation sites is 1. The molecule has 96 valence electrons. The van der Waals surface area contributed by atoms with E-state index in [2.05, 4.69) is 29.8 Å². The van der Waals surface area contributed by atoms with Gasteiger partial charge >= 0.3 is 0 Å². The van der Waals surface area contributed by atoms with E-state index in [0.29, 0.717) is 6.04 Å². The molecule has 2 nitrogen and oxygen atoms in total. The first kappa shape index (κ1) is 12.1. The second kappa shape index (κ2) is 5.37. The molecule has 0 spiro atoms. The summed E-state index contributed by atoms with van der Waals surface area (Å²) in [7, 11) is 0. The number of benzene rings is 1. The lowest BCUT2D eigenvalue weighted by Gasteiger charge is -2.11. The van der Waals surface area contributed by atoms with Gasteiger partial charge < -0.3 is 9.73 Å². The van der Waals surface area contributed by atoms with Crippen molar-refractivity contribution < 1.29 is 4.42 Å². The van der Waals surface area contributed by atoms with Crippen LogP contribution in [0.25, 0.3) is 11.0 Å². The first-order chi connectivity index (χ1) is 8.85. The fourth-order valence-corrected chi connectivity index (χ4v) is 3.51. The quantitative estimate of drug-likeness (QED) is 0.906. The molecule has 0 aliphatic heterocycles. The maximum absolute atomic E-state index is 5.81. The molecule has 1 heterocycles. The van der Waals surface area contributed by atoms with Crippen LogP contribution < -0.4 is 5.32 Å². The molecule has 1 N–H and O–H groups in total. The normalized spacial score (nSPS) is 23.8. The Kier molecular flexibility index (Phi) is 3.62.